The zero-order chi connectivity index (χ0) is 12.0. The van der Waals surface area contributed by atoms with Crippen molar-refractivity contribution in [1.82, 2.24) is 0 Å². The summed E-state index contributed by atoms with van der Waals surface area (Å²) in [4.78, 5) is 2.63. The standard InChI is InChI=1S/C14H19BrN2/c1-10(2)17-13-11(15)5-3-6-12(13)16-9-14(17)7-4-8-14/h3,5-6,10,16H,4,7-9H2,1-2H3. The van der Waals surface area contributed by atoms with E-state index in [1.807, 2.05) is 0 Å². The van der Waals surface area contributed by atoms with Crippen LogP contribution in [0.2, 0.25) is 0 Å². The average molecular weight is 295 g/mol. The molecule has 3 rings (SSSR count). The average Bonchev–Trinajstić information content (AvgIpc) is 2.25. The first-order chi connectivity index (χ1) is 8.14. The van der Waals surface area contributed by atoms with Crippen LogP contribution in [0.3, 0.4) is 0 Å². The van der Waals surface area contributed by atoms with Gasteiger partial charge in [0, 0.05) is 17.1 Å². The van der Waals surface area contributed by atoms with Gasteiger partial charge in [0.15, 0.2) is 0 Å². The molecule has 17 heavy (non-hydrogen) atoms. The first kappa shape index (κ1) is 11.4. The van der Waals surface area contributed by atoms with Gasteiger partial charge in [0.25, 0.3) is 0 Å². The van der Waals surface area contributed by atoms with Gasteiger partial charge in [0.05, 0.1) is 16.9 Å². The molecular formula is C14H19BrN2. The zero-order valence-electron chi connectivity index (χ0n) is 10.5. The fourth-order valence-electron chi connectivity index (χ4n) is 3.29. The maximum atomic E-state index is 3.71. The molecule has 1 saturated carbocycles. The first-order valence-electron chi connectivity index (χ1n) is 6.46. The third kappa shape index (κ3) is 1.59. The highest BCUT2D eigenvalue weighted by atomic mass is 79.9. The number of para-hydroxylation sites is 1. The lowest BCUT2D eigenvalue weighted by atomic mass is 9.73. The van der Waals surface area contributed by atoms with Crippen LogP contribution in [0.25, 0.3) is 0 Å². The Hall–Kier alpha value is -0.700. The van der Waals surface area contributed by atoms with Gasteiger partial charge in [0.2, 0.25) is 0 Å². The van der Waals surface area contributed by atoms with Crippen molar-refractivity contribution in [3.05, 3.63) is 22.7 Å². The van der Waals surface area contributed by atoms with E-state index in [9.17, 15) is 0 Å². The number of benzene rings is 1. The van der Waals surface area contributed by atoms with E-state index in [2.05, 4.69) is 58.2 Å². The maximum Gasteiger partial charge on any atom is 0.0753 e. The van der Waals surface area contributed by atoms with E-state index >= 15 is 0 Å². The van der Waals surface area contributed by atoms with Gasteiger partial charge in [-0.2, -0.15) is 0 Å². The Kier molecular flexibility index (Phi) is 2.62. The van der Waals surface area contributed by atoms with E-state index in [0.717, 1.165) is 6.54 Å². The highest BCUT2D eigenvalue weighted by molar-refractivity contribution is 9.10. The van der Waals surface area contributed by atoms with Crippen molar-refractivity contribution >= 4 is 27.3 Å². The summed E-state index contributed by atoms with van der Waals surface area (Å²) in [5.41, 5.74) is 2.99. The van der Waals surface area contributed by atoms with Gasteiger partial charge in [0.1, 0.15) is 0 Å². The molecule has 1 N–H and O–H groups in total. The largest absolute Gasteiger partial charge is 0.381 e. The van der Waals surface area contributed by atoms with Crippen LogP contribution in [0.15, 0.2) is 22.7 Å². The number of nitrogens with one attached hydrogen (secondary N) is 1. The molecule has 0 saturated heterocycles. The minimum Gasteiger partial charge on any atom is -0.381 e. The van der Waals surface area contributed by atoms with Gasteiger partial charge in [-0.25, -0.2) is 0 Å². The van der Waals surface area contributed by atoms with Crippen LogP contribution >= 0.6 is 15.9 Å². The normalized spacial score (nSPS) is 21.1. The van der Waals surface area contributed by atoms with Crippen molar-refractivity contribution in [2.24, 2.45) is 0 Å². The molecule has 1 aliphatic heterocycles. The van der Waals surface area contributed by atoms with Gasteiger partial charge in [-0.3, -0.25) is 0 Å². The molecule has 0 atom stereocenters. The molecule has 0 radical (unpaired) electrons. The Morgan fingerprint density at radius 1 is 1.35 bits per heavy atom. The molecule has 2 nitrogen and oxygen atoms in total. The van der Waals surface area contributed by atoms with E-state index in [-0.39, 0.29) is 0 Å². The monoisotopic (exact) mass is 294 g/mol. The van der Waals surface area contributed by atoms with Crippen LogP contribution in [-0.2, 0) is 0 Å². The molecule has 0 amide bonds. The summed E-state index contributed by atoms with van der Waals surface area (Å²) < 4.78 is 1.21. The smallest absolute Gasteiger partial charge is 0.0753 e. The van der Waals surface area contributed by atoms with E-state index < -0.39 is 0 Å². The Morgan fingerprint density at radius 3 is 2.71 bits per heavy atom. The fourth-order valence-corrected chi connectivity index (χ4v) is 3.85. The summed E-state index contributed by atoms with van der Waals surface area (Å²) in [6.45, 7) is 5.69. The molecule has 0 unspecified atom stereocenters. The van der Waals surface area contributed by atoms with Crippen LogP contribution in [0, 0.1) is 0 Å². The third-order valence-corrected chi connectivity index (χ3v) is 4.79. The molecule has 2 aliphatic rings. The van der Waals surface area contributed by atoms with E-state index in [0.29, 0.717) is 11.6 Å². The number of hydrogen-bond donors (Lipinski definition) is 1. The Bertz CT molecular complexity index is 438. The minimum atomic E-state index is 0.366. The summed E-state index contributed by atoms with van der Waals surface area (Å²) >= 11 is 3.71. The fraction of sp³-hybridized carbons (Fsp3) is 0.571. The molecule has 1 fully saturated rings. The number of hydrogen-bond acceptors (Lipinski definition) is 2. The van der Waals surface area contributed by atoms with Crippen molar-refractivity contribution in [2.75, 3.05) is 16.8 Å². The Balaban J connectivity index is 2.12. The highest BCUT2D eigenvalue weighted by Crippen LogP contribution is 2.49. The SMILES string of the molecule is CC(C)N1c2c(Br)cccc2NCC12CCC2. The minimum absolute atomic E-state index is 0.366. The van der Waals surface area contributed by atoms with Crippen LogP contribution < -0.4 is 10.2 Å². The Labute approximate surface area is 112 Å². The summed E-state index contributed by atoms with van der Waals surface area (Å²) in [5.74, 6) is 0. The third-order valence-electron chi connectivity index (χ3n) is 4.15. The number of halogens is 1. The summed E-state index contributed by atoms with van der Waals surface area (Å²) in [7, 11) is 0. The van der Waals surface area contributed by atoms with Crippen LogP contribution in [-0.4, -0.2) is 18.1 Å². The van der Waals surface area contributed by atoms with Crippen molar-refractivity contribution in [1.29, 1.82) is 0 Å². The second-order valence-corrected chi connectivity index (χ2v) is 6.39. The second-order valence-electron chi connectivity index (χ2n) is 5.53. The molecule has 1 aliphatic carbocycles. The van der Waals surface area contributed by atoms with Crippen LogP contribution in [0.4, 0.5) is 11.4 Å². The highest BCUT2D eigenvalue weighted by Gasteiger charge is 2.47. The summed E-state index contributed by atoms with van der Waals surface area (Å²) in [6, 6.07) is 6.98. The van der Waals surface area contributed by atoms with Gasteiger partial charge >= 0.3 is 0 Å². The zero-order valence-corrected chi connectivity index (χ0v) is 12.0. The van der Waals surface area contributed by atoms with E-state index in [1.165, 1.54) is 35.1 Å². The van der Waals surface area contributed by atoms with Crippen molar-refractivity contribution in [2.45, 2.75) is 44.7 Å². The van der Waals surface area contributed by atoms with Crippen molar-refractivity contribution < 1.29 is 0 Å². The summed E-state index contributed by atoms with van der Waals surface area (Å²) in [6.07, 6.45) is 4.00. The van der Waals surface area contributed by atoms with Crippen LogP contribution in [0.1, 0.15) is 33.1 Å². The Morgan fingerprint density at radius 2 is 2.12 bits per heavy atom. The molecule has 0 aromatic heterocycles. The molecule has 1 aromatic carbocycles. The van der Waals surface area contributed by atoms with E-state index in [4.69, 9.17) is 0 Å². The predicted octanol–water partition coefficient (Wildman–Crippen LogP) is 4.01. The lowest BCUT2D eigenvalue weighted by Crippen LogP contribution is -2.62. The van der Waals surface area contributed by atoms with Gasteiger partial charge in [-0.05, 0) is 61.2 Å². The van der Waals surface area contributed by atoms with Crippen molar-refractivity contribution in [3.8, 4) is 0 Å². The molecule has 92 valence electrons. The maximum absolute atomic E-state index is 3.71. The molecule has 3 heteroatoms. The number of anilines is 2. The number of fused-ring (bicyclic) bond motifs is 1. The summed E-state index contributed by atoms with van der Waals surface area (Å²) in [5, 5.41) is 3.61. The second kappa shape index (κ2) is 3.91. The quantitative estimate of drug-likeness (QED) is 0.842. The van der Waals surface area contributed by atoms with Gasteiger partial charge < -0.3 is 10.2 Å². The van der Waals surface area contributed by atoms with E-state index in [1.54, 1.807) is 0 Å². The van der Waals surface area contributed by atoms with Gasteiger partial charge in [-0.1, -0.05) is 6.07 Å². The predicted molar refractivity (Wildman–Crippen MR) is 76.8 cm³/mol. The number of rotatable bonds is 1. The van der Waals surface area contributed by atoms with Gasteiger partial charge in [-0.15, -0.1) is 0 Å². The lowest BCUT2D eigenvalue weighted by Gasteiger charge is -2.57. The molecule has 0 bridgehead atoms. The number of nitrogens with zero attached hydrogens (tertiary/aromatic N) is 1. The topological polar surface area (TPSA) is 15.3 Å². The first-order valence-corrected chi connectivity index (χ1v) is 7.25. The van der Waals surface area contributed by atoms with Crippen molar-refractivity contribution in [3.63, 3.8) is 0 Å². The molecular weight excluding hydrogens is 276 g/mol. The lowest BCUT2D eigenvalue weighted by molar-refractivity contribution is 0.226. The molecule has 1 aromatic rings. The van der Waals surface area contributed by atoms with Crippen LogP contribution in [0.5, 0.6) is 0 Å². The molecule has 1 spiro atoms. The molecule has 1 heterocycles.